The van der Waals surface area contributed by atoms with Crippen molar-refractivity contribution in [1.29, 1.82) is 0 Å². The van der Waals surface area contributed by atoms with Crippen molar-refractivity contribution < 1.29 is 13.8 Å². The van der Waals surface area contributed by atoms with Crippen LogP contribution in [0.15, 0.2) is 47.0 Å². The van der Waals surface area contributed by atoms with E-state index in [-0.39, 0.29) is 30.1 Å². The SMILES string of the molecule is C=C(N)/C=C\N(C(=C)C)[C@@H](C)C[C@@H](CN=O)CC(C)P(=C)(C)OP(=C)(O)CP(C)(=O)N=O. The summed E-state index contributed by atoms with van der Waals surface area (Å²) in [4.78, 5) is 37.0. The van der Waals surface area contributed by atoms with Crippen LogP contribution in [0.2, 0.25) is 0 Å². The number of rotatable bonds is 16. The van der Waals surface area contributed by atoms with E-state index < -0.39 is 21.7 Å². The van der Waals surface area contributed by atoms with Crippen molar-refractivity contribution in [2.45, 2.75) is 45.3 Å². The van der Waals surface area contributed by atoms with Crippen molar-refractivity contribution in [3.8, 4) is 0 Å². The van der Waals surface area contributed by atoms with Crippen LogP contribution >= 0.6 is 21.7 Å². The quantitative estimate of drug-likeness (QED) is 0.156. The first-order valence-electron chi connectivity index (χ1n) is 10.1. The minimum absolute atomic E-state index is 0.0132. The van der Waals surface area contributed by atoms with Crippen molar-refractivity contribution in [1.82, 2.24) is 4.90 Å². The molecule has 0 radical (unpaired) electrons. The van der Waals surface area contributed by atoms with E-state index in [1.807, 2.05) is 31.9 Å². The maximum atomic E-state index is 12.0. The summed E-state index contributed by atoms with van der Waals surface area (Å²) in [5, 5.41) is 3.11. The molecule has 0 aromatic heterocycles. The molecule has 0 heterocycles. The number of hydrogen-bond acceptors (Lipinski definition) is 8. The first-order valence-corrected chi connectivity index (χ1v) is 16.8. The molecule has 12 heteroatoms. The van der Waals surface area contributed by atoms with Crippen LogP contribution in [0.1, 0.15) is 33.6 Å². The van der Waals surface area contributed by atoms with Crippen LogP contribution in [0.25, 0.3) is 0 Å². The normalized spacial score (nSPS) is 20.2. The number of nitroso groups, excluding NO2 is 2. The summed E-state index contributed by atoms with van der Waals surface area (Å²) < 4.78 is 17.9. The zero-order chi connectivity index (χ0) is 25.3. The third-order valence-corrected chi connectivity index (χ3v) is 14.0. The lowest BCUT2D eigenvalue weighted by Crippen LogP contribution is -2.30. The molecular weight excluding hydrogens is 469 g/mol. The Balaban J connectivity index is 5.43. The molecule has 0 aromatic rings. The average molecular weight is 508 g/mol. The molecule has 0 spiro atoms. The van der Waals surface area contributed by atoms with Crippen LogP contribution in [0.4, 0.5) is 0 Å². The minimum atomic E-state index is -3.42. The predicted octanol–water partition coefficient (Wildman–Crippen LogP) is 5.66. The molecule has 0 amide bonds. The van der Waals surface area contributed by atoms with Crippen LogP contribution < -0.4 is 5.73 Å². The molecule has 0 aliphatic rings. The molecule has 3 N–H and O–H groups in total. The van der Waals surface area contributed by atoms with Gasteiger partial charge in [0, 0.05) is 37.4 Å². The van der Waals surface area contributed by atoms with Crippen molar-refractivity contribution in [3.05, 3.63) is 46.6 Å². The Morgan fingerprint density at radius 2 is 1.78 bits per heavy atom. The lowest BCUT2D eigenvalue weighted by atomic mass is 9.95. The zero-order valence-electron chi connectivity index (χ0n) is 19.9. The molecule has 0 saturated heterocycles. The van der Waals surface area contributed by atoms with Gasteiger partial charge >= 0.3 is 0 Å². The fourth-order valence-electron chi connectivity index (χ4n) is 3.37. The Morgan fingerprint density at radius 3 is 2.22 bits per heavy atom. The number of allylic oxidation sites excluding steroid dienone is 2. The summed E-state index contributed by atoms with van der Waals surface area (Å²) in [6, 6.07) is 0.0132. The van der Waals surface area contributed by atoms with Crippen LogP contribution in [0, 0.1) is 15.7 Å². The van der Waals surface area contributed by atoms with Crippen LogP contribution in [-0.4, -0.2) is 59.9 Å². The maximum Gasteiger partial charge on any atom is 0.238 e. The maximum absolute atomic E-state index is 12.0. The molecule has 9 nitrogen and oxygen atoms in total. The fourth-order valence-corrected chi connectivity index (χ4v) is 11.7. The third kappa shape index (κ3) is 11.6. The molecular formula is C20H39N4O5P3. The van der Waals surface area contributed by atoms with Gasteiger partial charge in [-0.15, -0.1) is 4.91 Å². The fraction of sp³-hybridized carbons (Fsp3) is 0.600. The van der Waals surface area contributed by atoms with Gasteiger partial charge in [-0.1, -0.05) is 37.9 Å². The predicted molar refractivity (Wildman–Crippen MR) is 143 cm³/mol. The molecule has 32 heavy (non-hydrogen) atoms. The van der Waals surface area contributed by atoms with Crippen LogP contribution in [0.3, 0.4) is 0 Å². The Hall–Kier alpha value is -1.23. The van der Waals surface area contributed by atoms with Crippen molar-refractivity contribution in [2.75, 3.05) is 25.8 Å². The van der Waals surface area contributed by atoms with E-state index in [0.29, 0.717) is 18.5 Å². The molecule has 0 saturated carbocycles. The van der Waals surface area contributed by atoms with Gasteiger partial charge in [0.25, 0.3) is 0 Å². The summed E-state index contributed by atoms with van der Waals surface area (Å²) in [5.74, 6) is -0.451. The Bertz CT molecular complexity index is 873. The minimum Gasteiger partial charge on any atom is -0.399 e. The highest BCUT2D eigenvalue weighted by Gasteiger charge is 2.32. The average Bonchev–Trinajstić information content (AvgIpc) is 2.59. The van der Waals surface area contributed by atoms with Gasteiger partial charge in [-0.3, -0.25) is 4.57 Å². The molecule has 0 aliphatic heterocycles. The Labute approximate surface area is 192 Å². The number of nitrogens with zero attached hydrogens (tertiary/aromatic N) is 3. The van der Waals surface area contributed by atoms with Gasteiger partial charge in [0.05, 0.1) is 12.4 Å². The Kier molecular flexibility index (Phi) is 12.4. The number of nitrogens with two attached hydrogens (primary N) is 1. The van der Waals surface area contributed by atoms with Gasteiger partial charge in [-0.25, -0.2) is 0 Å². The van der Waals surface area contributed by atoms with Gasteiger partial charge in [-0.2, -0.15) is 4.91 Å². The number of hydrogen-bond donors (Lipinski definition) is 2. The van der Waals surface area contributed by atoms with Gasteiger partial charge in [-0.05, 0) is 56.0 Å². The third-order valence-electron chi connectivity index (χ3n) is 4.97. The first kappa shape index (κ1) is 30.8. The lowest BCUT2D eigenvalue weighted by Gasteiger charge is -2.35. The highest BCUT2D eigenvalue weighted by atomic mass is 31.3. The van der Waals surface area contributed by atoms with Crippen LogP contribution in [-0.2, 0) is 8.88 Å². The molecule has 4 unspecified atom stereocenters. The highest BCUT2D eigenvalue weighted by molar-refractivity contribution is 7.85. The molecule has 6 atom stereocenters. The van der Waals surface area contributed by atoms with Crippen LogP contribution in [0.5, 0.6) is 0 Å². The van der Waals surface area contributed by atoms with Gasteiger partial charge < -0.3 is 19.8 Å². The van der Waals surface area contributed by atoms with E-state index in [0.717, 1.165) is 5.70 Å². The van der Waals surface area contributed by atoms with Crippen molar-refractivity contribution in [3.63, 3.8) is 0 Å². The Morgan fingerprint density at radius 1 is 1.22 bits per heavy atom. The smallest absolute Gasteiger partial charge is 0.238 e. The highest BCUT2D eigenvalue weighted by Crippen LogP contribution is 2.67. The first-order chi connectivity index (χ1) is 14.5. The van der Waals surface area contributed by atoms with Gasteiger partial charge in [0.15, 0.2) is 0 Å². The summed E-state index contributed by atoms with van der Waals surface area (Å²) in [5.41, 5.74) is 6.76. The van der Waals surface area contributed by atoms with Gasteiger partial charge in [0.2, 0.25) is 7.29 Å². The second kappa shape index (κ2) is 12.9. The van der Waals surface area contributed by atoms with E-state index in [4.69, 9.17) is 10.0 Å². The summed E-state index contributed by atoms with van der Waals surface area (Å²) in [6.07, 6.45) is 12.6. The van der Waals surface area contributed by atoms with Gasteiger partial charge in [0.1, 0.15) is 7.34 Å². The molecule has 0 rings (SSSR count). The van der Waals surface area contributed by atoms with E-state index in [9.17, 15) is 19.3 Å². The van der Waals surface area contributed by atoms with E-state index in [2.05, 4.69) is 35.9 Å². The monoisotopic (exact) mass is 508 g/mol. The van der Waals surface area contributed by atoms with E-state index in [1.165, 1.54) is 6.66 Å². The second-order valence-electron chi connectivity index (χ2n) is 8.76. The van der Waals surface area contributed by atoms with E-state index in [1.54, 1.807) is 12.7 Å². The van der Waals surface area contributed by atoms with Crippen molar-refractivity contribution in [2.24, 2.45) is 21.8 Å². The summed E-state index contributed by atoms with van der Waals surface area (Å²) >= 11 is 0. The molecule has 0 bridgehead atoms. The largest absolute Gasteiger partial charge is 0.399 e. The van der Waals surface area contributed by atoms with Crippen molar-refractivity contribution >= 4 is 34.3 Å². The lowest BCUT2D eigenvalue weighted by molar-refractivity contribution is 0.289. The molecule has 184 valence electrons. The standard InChI is InChI=1S/C20H39N4O5P3/c1-16(2)24(11-10-17(3)21)18(4)12-20(14-22-25)13-19(5)30(6,7)29-32(9,28)15-31(8,27)23-26/h10-11,18-20,28H,1,3,6,9,12-15,21H2,2,4-5,7-8H3/b11-10-/t18-,19?,20+,30?,31?,32?/m0/s1. The molecule has 0 aromatic carbocycles. The summed E-state index contributed by atoms with van der Waals surface area (Å²) in [6.45, 7) is 16.6. The topological polar surface area (TPSA) is 135 Å². The summed E-state index contributed by atoms with van der Waals surface area (Å²) in [7, 11) is -9.20. The molecule has 0 fully saturated rings. The zero-order valence-corrected chi connectivity index (χ0v) is 22.6. The molecule has 0 aliphatic carbocycles. The van der Waals surface area contributed by atoms with E-state index >= 15 is 0 Å². The second-order valence-corrected chi connectivity index (χ2v) is 17.7.